The number of carbonyl (C=O) groups is 1. The number of nitrogens with one attached hydrogen (secondary N) is 1. The molecule has 4 nitrogen and oxygen atoms in total. The molecule has 0 aliphatic rings. The third-order valence-corrected chi connectivity index (χ3v) is 2.79. The van der Waals surface area contributed by atoms with Gasteiger partial charge in [0.2, 0.25) is 5.91 Å². The third-order valence-electron chi connectivity index (χ3n) is 2.79. The molecule has 0 atom stereocenters. The zero-order valence-electron chi connectivity index (χ0n) is 10.2. The van der Waals surface area contributed by atoms with E-state index in [1.165, 1.54) is 5.56 Å². The van der Waals surface area contributed by atoms with Gasteiger partial charge in [0.05, 0.1) is 18.3 Å². The molecule has 1 aromatic carbocycles. The van der Waals surface area contributed by atoms with E-state index in [0.717, 1.165) is 10.9 Å². The summed E-state index contributed by atoms with van der Waals surface area (Å²) in [6.45, 7) is 5.29. The fourth-order valence-corrected chi connectivity index (χ4v) is 1.99. The van der Waals surface area contributed by atoms with E-state index in [4.69, 9.17) is 0 Å². The van der Waals surface area contributed by atoms with Crippen molar-refractivity contribution in [3.05, 3.63) is 30.0 Å². The zero-order chi connectivity index (χ0) is 12.3. The van der Waals surface area contributed by atoms with E-state index >= 15 is 0 Å². The van der Waals surface area contributed by atoms with Crippen molar-refractivity contribution in [2.75, 3.05) is 6.54 Å². The van der Waals surface area contributed by atoms with E-state index < -0.39 is 0 Å². The Balaban J connectivity index is 2.16. The van der Waals surface area contributed by atoms with Crippen LogP contribution < -0.4 is 5.32 Å². The number of hydrogen-bond donors (Lipinski definition) is 1. The van der Waals surface area contributed by atoms with Crippen molar-refractivity contribution in [3.8, 4) is 0 Å². The maximum absolute atomic E-state index is 11.4. The molecule has 0 unspecified atom stereocenters. The molecule has 2 rings (SSSR count). The van der Waals surface area contributed by atoms with Gasteiger partial charge in [-0.3, -0.25) is 9.48 Å². The van der Waals surface area contributed by atoms with E-state index in [0.29, 0.717) is 19.5 Å². The minimum atomic E-state index is 0.0738. The molecule has 1 N–H and O–H groups in total. The number of aryl methyl sites for hydroxylation is 2. The number of fused-ring (bicyclic) bond motifs is 1. The number of hydrogen-bond acceptors (Lipinski definition) is 2. The van der Waals surface area contributed by atoms with Gasteiger partial charge in [-0.25, -0.2) is 0 Å². The van der Waals surface area contributed by atoms with E-state index in [9.17, 15) is 4.79 Å². The summed E-state index contributed by atoms with van der Waals surface area (Å²) in [6.07, 6.45) is 2.32. The fourth-order valence-electron chi connectivity index (χ4n) is 1.99. The summed E-state index contributed by atoms with van der Waals surface area (Å²) in [4.78, 5) is 11.4. The number of rotatable bonds is 4. The molecular formula is C13H17N3O. The summed E-state index contributed by atoms with van der Waals surface area (Å²) in [5, 5.41) is 8.24. The van der Waals surface area contributed by atoms with E-state index in [2.05, 4.69) is 23.4 Å². The maximum Gasteiger partial charge on any atom is 0.221 e. The summed E-state index contributed by atoms with van der Waals surface area (Å²) in [5.74, 6) is 0.0738. The van der Waals surface area contributed by atoms with Crippen molar-refractivity contribution in [2.45, 2.75) is 26.8 Å². The molecule has 4 heteroatoms. The first-order chi connectivity index (χ1) is 8.22. The van der Waals surface area contributed by atoms with Crippen molar-refractivity contribution >= 4 is 16.8 Å². The molecule has 0 saturated carbocycles. The van der Waals surface area contributed by atoms with E-state index in [1.807, 2.05) is 29.9 Å². The SMILES string of the molecule is CCNC(=O)CCn1ncc2cccc(C)c21. The summed E-state index contributed by atoms with van der Waals surface area (Å²) < 4.78 is 1.90. The average Bonchev–Trinajstić information content (AvgIpc) is 2.71. The van der Waals surface area contributed by atoms with Crippen LogP contribution in [0.5, 0.6) is 0 Å². The monoisotopic (exact) mass is 231 g/mol. The predicted molar refractivity (Wildman–Crippen MR) is 67.8 cm³/mol. The molecule has 0 fully saturated rings. The van der Waals surface area contributed by atoms with Crippen LogP contribution in [-0.2, 0) is 11.3 Å². The van der Waals surface area contributed by atoms with Gasteiger partial charge in [0, 0.05) is 18.4 Å². The Morgan fingerprint density at radius 1 is 1.47 bits per heavy atom. The molecule has 0 radical (unpaired) electrons. The van der Waals surface area contributed by atoms with E-state index in [-0.39, 0.29) is 5.91 Å². The minimum Gasteiger partial charge on any atom is -0.356 e. The van der Waals surface area contributed by atoms with Crippen molar-refractivity contribution in [1.82, 2.24) is 15.1 Å². The second-order valence-corrected chi connectivity index (χ2v) is 4.08. The Hall–Kier alpha value is -1.84. The molecule has 2 aromatic rings. The number of aromatic nitrogens is 2. The highest BCUT2D eigenvalue weighted by atomic mass is 16.1. The first-order valence-electron chi connectivity index (χ1n) is 5.90. The van der Waals surface area contributed by atoms with E-state index in [1.54, 1.807) is 0 Å². The lowest BCUT2D eigenvalue weighted by Gasteiger charge is -2.05. The number of carbonyl (C=O) groups excluding carboxylic acids is 1. The Morgan fingerprint density at radius 3 is 3.06 bits per heavy atom. The Labute approximate surface area is 101 Å². The van der Waals surface area contributed by atoms with Crippen LogP contribution in [0.3, 0.4) is 0 Å². The summed E-state index contributed by atoms with van der Waals surface area (Å²) in [6, 6.07) is 6.12. The van der Waals surface area contributed by atoms with Crippen LogP contribution in [0, 0.1) is 6.92 Å². The van der Waals surface area contributed by atoms with Gasteiger partial charge in [-0.05, 0) is 19.4 Å². The molecule has 17 heavy (non-hydrogen) atoms. The standard InChI is InChI=1S/C13H17N3O/c1-3-14-12(17)7-8-16-13-10(2)5-4-6-11(13)9-15-16/h4-6,9H,3,7-8H2,1-2H3,(H,14,17). The smallest absolute Gasteiger partial charge is 0.221 e. The predicted octanol–water partition coefficient (Wildman–Crippen LogP) is 1.87. The second kappa shape index (κ2) is 4.99. The van der Waals surface area contributed by atoms with Crippen LogP contribution in [0.1, 0.15) is 18.9 Å². The van der Waals surface area contributed by atoms with Crippen LogP contribution >= 0.6 is 0 Å². The highest BCUT2D eigenvalue weighted by Gasteiger charge is 2.06. The van der Waals surface area contributed by atoms with Crippen LogP contribution in [0.2, 0.25) is 0 Å². The van der Waals surface area contributed by atoms with Gasteiger partial charge < -0.3 is 5.32 Å². The molecule has 1 aromatic heterocycles. The molecule has 0 aliphatic carbocycles. The van der Waals surface area contributed by atoms with Gasteiger partial charge in [-0.1, -0.05) is 18.2 Å². The highest BCUT2D eigenvalue weighted by Crippen LogP contribution is 2.17. The van der Waals surface area contributed by atoms with Gasteiger partial charge in [-0.2, -0.15) is 5.10 Å². The summed E-state index contributed by atoms with van der Waals surface area (Å²) in [5.41, 5.74) is 2.31. The van der Waals surface area contributed by atoms with Crippen LogP contribution in [0.25, 0.3) is 10.9 Å². The van der Waals surface area contributed by atoms with Gasteiger partial charge >= 0.3 is 0 Å². The molecule has 0 saturated heterocycles. The number of nitrogens with zero attached hydrogens (tertiary/aromatic N) is 2. The van der Waals surface area contributed by atoms with Gasteiger partial charge in [-0.15, -0.1) is 0 Å². The fraction of sp³-hybridized carbons (Fsp3) is 0.385. The third kappa shape index (κ3) is 2.46. The number of para-hydroxylation sites is 1. The van der Waals surface area contributed by atoms with Crippen molar-refractivity contribution < 1.29 is 4.79 Å². The van der Waals surface area contributed by atoms with Gasteiger partial charge in [0.15, 0.2) is 0 Å². The Morgan fingerprint density at radius 2 is 2.29 bits per heavy atom. The molecule has 0 bridgehead atoms. The minimum absolute atomic E-state index is 0.0738. The van der Waals surface area contributed by atoms with Crippen LogP contribution in [0.4, 0.5) is 0 Å². The average molecular weight is 231 g/mol. The van der Waals surface area contributed by atoms with Gasteiger partial charge in [0.1, 0.15) is 0 Å². The zero-order valence-corrected chi connectivity index (χ0v) is 10.2. The second-order valence-electron chi connectivity index (χ2n) is 4.08. The molecule has 0 aliphatic heterocycles. The first kappa shape index (κ1) is 11.6. The lowest BCUT2D eigenvalue weighted by Crippen LogP contribution is -2.24. The molecule has 0 spiro atoms. The molecule has 1 heterocycles. The quantitative estimate of drug-likeness (QED) is 0.873. The van der Waals surface area contributed by atoms with Crippen molar-refractivity contribution in [1.29, 1.82) is 0 Å². The van der Waals surface area contributed by atoms with Crippen molar-refractivity contribution in [2.24, 2.45) is 0 Å². The van der Waals surface area contributed by atoms with Crippen LogP contribution in [-0.4, -0.2) is 22.2 Å². The number of benzene rings is 1. The summed E-state index contributed by atoms with van der Waals surface area (Å²) in [7, 11) is 0. The summed E-state index contributed by atoms with van der Waals surface area (Å²) >= 11 is 0. The molecule has 90 valence electrons. The largest absolute Gasteiger partial charge is 0.356 e. The first-order valence-corrected chi connectivity index (χ1v) is 5.90. The Kier molecular flexibility index (Phi) is 3.42. The van der Waals surface area contributed by atoms with Gasteiger partial charge in [0.25, 0.3) is 0 Å². The number of amides is 1. The lowest BCUT2D eigenvalue weighted by atomic mass is 10.2. The van der Waals surface area contributed by atoms with Crippen molar-refractivity contribution in [3.63, 3.8) is 0 Å². The maximum atomic E-state index is 11.4. The normalized spacial score (nSPS) is 10.7. The molecular weight excluding hydrogens is 214 g/mol. The van der Waals surface area contributed by atoms with Crippen LogP contribution in [0.15, 0.2) is 24.4 Å². The Bertz CT molecular complexity index is 530. The molecule has 1 amide bonds. The lowest BCUT2D eigenvalue weighted by molar-refractivity contribution is -0.121. The topological polar surface area (TPSA) is 46.9 Å². The highest BCUT2D eigenvalue weighted by molar-refractivity contribution is 5.82.